The zero-order valence-electron chi connectivity index (χ0n) is 18.2. The molecule has 0 aliphatic carbocycles. The van der Waals surface area contributed by atoms with Crippen molar-refractivity contribution in [2.75, 3.05) is 17.4 Å². The predicted octanol–water partition coefficient (Wildman–Crippen LogP) is 4.90. The Morgan fingerprint density at radius 2 is 1.62 bits per heavy atom. The highest BCUT2D eigenvalue weighted by Crippen LogP contribution is 2.25. The van der Waals surface area contributed by atoms with E-state index in [4.69, 9.17) is 11.6 Å². The van der Waals surface area contributed by atoms with Crippen LogP contribution in [0.1, 0.15) is 23.1 Å². The summed E-state index contributed by atoms with van der Waals surface area (Å²) in [6.07, 6.45) is 1.61. The van der Waals surface area contributed by atoms with Crippen LogP contribution in [0, 0.1) is 13.8 Å². The van der Waals surface area contributed by atoms with Crippen molar-refractivity contribution in [3.63, 3.8) is 0 Å². The number of hydrogen-bond acceptors (Lipinski definition) is 3. The van der Waals surface area contributed by atoms with Gasteiger partial charge >= 0.3 is 0 Å². The Balaban J connectivity index is 1.70. The molecular weight excluding hydrogens is 444 g/mol. The quantitative estimate of drug-likeness (QED) is 0.452. The van der Waals surface area contributed by atoms with Crippen LogP contribution < -0.4 is 9.62 Å². The standard InChI is InChI=1S/C25H27ClN2O3S/c1-19-8-12-23(13-9-19)28(32(30,31)24-14-10-22(26)11-15-24)18-25(29)27-16-4-7-21-6-3-5-20(2)17-21/h3,5-6,8-15,17H,4,7,16,18H2,1-2H3,(H,27,29). The minimum Gasteiger partial charge on any atom is -0.355 e. The van der Waals surface area contributed by atoms with E-state index in [1.807, 2.05) is 38.1 Å². The average molecular weight is 471 g/mol. The minimum atomic E-state index is -3.94. The van der Waals surface area contributed by atoms with Crippen molar-refractivity contribution in [2.45, 2.75) is 31.6 Å². The molecule has 0 heterocycles. The number of amides is 1. The Labute approximate surface area is 195 Å². The number of halogens is 1. The fourth-order valence-corrected chi connectivity index (χ4v) is 4.88. The number of anilines is 1. The summed E-state index contributed by atoms with van der Waals surface area (Å²) in [5.74, 6) is -0.354. The second-order valence-corrected chi connectivity index (χ2v) is 10.0. The number of hydrogen-bond donors (Lipinski definition) is 1. The third-order valence-corrected chi connectivity index (χ3v) is 7.10. The molecule has 3 rings (SSSR count). The second-order valence-electron chi connectivity index (χ2n) is 7.74. The predicted molar refractivity (Wildman–Crippen MR) is 130 cm³/mol. The highest BCUT2D eigenvalue weighted by molar-refractivity contribution is 7.92. The van der Waals surface area contributed by atoms with E-state index in [2.05, 4.69) is 17.4 Å². The number of nitrogens with one attached hydrogen (secondary N) is 1. The van der Waals surface area contributed by atoms with E-state index in [9.17, 15) is 13.2 Å². The smallest absolute Gasteiger partial charge is 0.264 e. The van der Waals surface area contributed by atoms with Crippen LogP contribution >= 0.6 is 11.6 Å². The highest BCUT2D eigenvalue weighted by Gasteiger charge is 2.27. The van der Waals surface area contributed by atoms with E-state index in [-0.39, 0.29) is 17.3 Å². The molecular formula is C25H27ClN2O3S. The fourth-order valence-electron chi connectivity index (χ4n) is 3.33. The highest BCUT2D eigenvalue weighted by atomic mass is 35.5. The van der Waals surface area contributed by atoms with Gasteiger partial charge in [-0.05, 0) is 68.7 Å². The number of sulfonamides is 1. The number of rotatable bonds is 9. The first kappa shape index (κ1) is 23.8. The SMILES string of the molecule is Cc1ccc(N(CC(=O)NCCCc2cccc(C)c2)S(=O)(=O)c2ccc(Cl)cc2)cc1. The van der Waals surface area contributed by atoms with Gasteiger partial charge in [-0.25, -0.2) is 8.42 Å². The first-order valence-electron chi connectivity index (χ1n) is 10.4. The molecule has 1 amide bonds. The normalized spacial score (nSPS) is 11.2. The van der Waals surface area contributed by atoms with E-state index in [1.165, 1.54) is 35.4 Å². The van der Waals surface area contributed by atoms with Crippen LogP contribution in [-0.2, 0) is 21.2 Å². The van der Waals surface area contributed by atoms with E-state index < -0.39 is 10.0 Å². The van der Waals surface area contributed by atoms with E-state index in [0.29, 0.717) is 17.3 Å². The molecule has 3 aromatic rings. The third kappa shape index (κ3) is 6.34. The van der Waals surface area contributed by atoms with Gasteiger partial charge < -0.3 is 5.32 Å². The Bertz CT molecular complexity index is 1160. The topological polar surface area (TPSA) is 66.5 Å². The first-order valence-corrected chi connectivity index (χ1v) is 12.2. The summed E-state index contributed by atoms with van der Waals surface area (Å²) >= 11 is 5.91. The van der Waals surface area contributed by atoms with Gasteiger partial charge in [-0.3, -0.25) is 9.10 Å². The van der Waals surface area contributed by atoms with Crippen molar-refractivity contribution >= 4 is 33.2 Å². The molecule has 0 unspecified atom stereocenters. The van der Waals surface area contributed by atoms with Gasteiger partial charge in [-0.15, -0.1) is 0 Å². The molecule has 0 bridgehead atoms. The molecule has 0 spiro atoms. The van der Waals surface area contributed by atoms with Crippen molar-refractivity contribution in [3.8, 4) is 0 Å². The van der Waals surface area contributed by atoms with Crippen molar-refractivity contribution in [3.05, 3.63) is 94.5 Å². The Morgan fingerprint density at radius 3 is 2.28 bits per heavy atom. The van der Waals surface area contributed by atoms with Gasteiger partial charge in [-0.2, -0.15) is 0 Å². The Hall–Kier alpha value is -2.83. The average Bonchev–Trinajstić information content (AvgIpc) is 2.76. The van der Waals surface area contributed by atoms with Gasteiger partial charge in [0.1, 0.15) is 6.54 Å². The molecule has 0 fully saturated rings. The van der Waals surface area contributed by atoms with Gasteiger partial charge in [-0.1, -0.05) is 59.1 Å². The van der Waals surface area contributed by atoms with E-state index >= 15 is 0 Å². The monoisotopic (exact) mass is 470 g/mol. The van der Waals surface area contributed by atoms with Gasteiger partial charge in [0.15, 0.2) is 0 Å². The van der Waals surface area contributed by atoms with Crippen molar-refractivity contribution < 1.29 is 13.2 Å². The molecule has 32 heavy (non-hydrogen) atoms. The largest absolute Gasteiger partial charge is 0.355 e. The van der Waals surface area contributed by atoms with Crippen LogP contribution in [0.2, 0.25) is 5.02 Å². The number of carbonyl (C=O) groups excluding carboxylic acids is 1. The molecule has 0 aromatic heterocycles. The van der Waals surface area contributed by atoms with Crippen LogP contribution in [0.5, 0.6) is 0 Å². The minimum absolute atomic E-state index is 0.0784. The summed E-state index contributed by atoms with van der Waals surface area (Å²) in [6.45, 7) is 4.13. The maximum Gasteiger partial charge on any atom is 0.264 e. The molecule has 0 aliphatic heterocycles. The van der Waals surface area contributed by atoms with Crippen LogP contribution in [-0.4, -0.2) is 27.4 Å². The van der Waals surface area contributed by atoms with E-state index in [0.717, 1.165) is 22.7 Å². The summed E-state index contributed by atoms with van der Waals surface area (Å²) in [5, 5.41) is 3.29. The molecule has 7 heteroatoms. The molecule has 0 radical (unpaired) electrons. The zero-order chi connectivity index (χ0) is 23.1. The van der Waals surface area contributed by atoms with Gasteiger partial charge in [0.2, 0.25) is 5.91 Å². The van der Waals surface area contributed by atoms with Gasteiger partial charge in [0.05, 0.1) is 10.6 Å². The molecule has 0 saturated carbocycles. The molecule has 3 aromatic carbocycles. The zero-order valence-corrected chi connectivity index (χ0v) is 19.8. The van der Waals surface area contributed by atoms with Crippen molar-refractivity contribution in [1.29, 1.82) is 0 Å². The third-order valence-electron chi connectivity index (χ3n) is 5.06. The second kappa shape index (κ2) is 10.7. The maximum atomic E-state index is 13.3. The molecule has 168 valence electrons. The lowest BCUT2D eigenvalue weighted by Gasteiger charge is -2.24. The van der Waals surface area contributed by atoms with Gasteiger partial charge in [0, 0.05) is 11.6 Å². The maximum absolute atomic E-state index is 13.3. The molecule has 0 aliphatic rings. The summed E-state index contributed by atoms with van der Waals surface area (Å²) in [6, 6.07) is 21.2. The van der Waals surface area contributed by atoms with Crippen LogP contribution in [0.25, 0.3) is 0 Å². The van der Waals surface area contributed by atoms with E-state index in [1.54, 1.807) is 12.1 Å². The lowest BCUT2D eigenvalue weighted by Crippen LogP contribution is -2.41. The lowest BCUT2D eigenvalue weighted by atomic mass is 10.1. The molecule has 0 saturated heterocycles. The molecule has 0 atom stereocenters. The summed E-state index contributed by atoms with van der Waals surface area (Å²) in [7, 11) is -3.94. The number of benzene rings is 3. The van der Waals surface area contributed by atoms with Gasteiger partial charge in [0.25, 0.3) is 10.0 Å². The Morgan fingerprint density at radius 1 is 0.938 bits per heavy atom. The number of aryl methyl sites for hydroxylation is 3. The Kier molecular flexibility index (Phi) is 7.94. The fraction of sp³-hybridized carbons (Fsp3) is 0.240. The van der Waals surface area contributed by atoms with Crippen LogP contribution in [0.3, 0.4) is 0 Å². The summed E-state index contributed by atoms with van der Waals surface area (Å²) in [4.78, 5) is 12.7. The molecule has 1 N–H and O–H groups in total. The molecule has 5 nitrogen and oxygen atoms in total. The number of nitrogens with zero attached hydrogens (tertiary/aromatic N) is 1. The van der Waals surface area contributed by atoms with Crippen LogP contribution in [0.15, 0.2) is 77.7 Å². The van der Waals surface area contributed by atoms with Crippen molar-refractivity contribution in [1.82, 2.24) is 5.32 Å². The lowest BCUT2D eigenvalue weighted by molar-refractivity contribution is -0.119. The summed E-state index contributed by atoms with van der Waals surface area (Å²) < 4.78 is 27.8. The van der Waals surface area contributed by atoms with Crippen LogP contribution in [0.4, 0.5) is 5.69 Å². The first-order chi connectivity index (χ1) is 15.3. The number of carbonyl (C=O) groups is 1. The van der Waals surface area contributed by atoms with Crippen molar-refractivity contribution in [2.24, 2.45) is 0 Å². The summed E-state index contributed by atoms with van der Waals surface area (Å²) in [5.41, 5.74) is 3.84.